The van der Waals surface area contributed by atoms with Gasteiger partial charge in [-0.2, -0.15) is 0 Å². The molecule has 0 aromatic carbocycles. The van der Waals surface area contributed by atoms with E-state index < -0.39 is 10.0 Å². The number of ether oxygens (including phenoxy) is 2. The van der Waals surface area contributed by atoms with E-state index in [4.69, 9.17) is 9.47 Å². The van der Waals surface area contributed by atoms with Crippen LogP contribution in [0.5, 0.6) is 0 Å². The van der Waals surface area contributed by atoms with E-state index in [1.54, 1.807) is 14.0 Å². The molecule has 2 N–H and O–H groups in total. The summed E-state index contributed by atoms with van der Waals surface area (Å²) in [6.07, 6.45) is 3.17. The zero-order valence-corrected chi connectivity index (χ0v) is 16.6. The fraction of sp³-hybridized carbons (Fsp3) is 0.938. The monoisotopic (exact) mass is 378 g/mol. The number of likely N-dealkylation sites (tertiary alicyclic amines) is 1. The number of nitrogens with zero attached hydrogens (tertiary/aromatic N) is 2. The van der Waals surface area contributed by atoms with Crippen LogP contribution >= 0.6 is 0 Å². The third-order valence-electron chi connectivity index (χ3n) is 4.00. The lowest BCUT2D eigenvalue weighted by molar-refractivity contribution is 0.00991. The van der Waals surface area contributed by atoms with E-state index in [0.29, 0.717) is 19.2 Å². The van der Waals surface area contributed by atoms with Crippen molar-refractivity contribution in [3.63, 3.8) is 0 Å². The molecule has 0 aromatic rings. The first-order valence-electron chi connectivity index (χ1n) is 9.13. The van der Waals surface area contributed by atoms with Crippen molar-refractivity contribution in [2.45, 2.75) is 39.2 Å². The summed E-state index contributed by atoms with van der Waals surface area (Å²) in [5.74, 6) is 0.935. The Bertz CT molecular complexity index is 477. The van der Waals surface area contributed by atoms with Gasteiger partial charge in [-0.05, 0) is 33.1 Å². The normalized spacial score (nSPS) is 17.1. The lowest BCUT2D eigenvalue weighted by Gasteiger charge is -2.34. The summed E-state index contributed by atoms with van der Waals surface area (Å²) in [5, 5.41) is 3.28. The summed E-state index contributed by atoms with van der Waals surface area (Å²) in [5.41, 5.74) is 0. The summed E-state index contributed by atoms with van der Waals surface area (Å²) in [6, 6.07) is 0. The Morgan fingerprint density at radius 1 is 1.24 bits per heavy atom. The topological polar surface area (TPSA) is 92.3 Å². The van der Waals surface area contributed by atoms with Crippen LogP contribution in [-0.2, 0) is 19.5 Å². The highest BCUT2D eigenvalue weighted by Crippen LogP contribution is 2.14. The van der Waals surface area contributed by atoms with Gasteiger partial charge in [0.05, 0.1) is 18.4 Å². The Balaban J connectivity index is 2.37. The van der Waals surface area contributed by atoms with Crippen LogP contribution in [0.3, 0.4) is 0 Å². The van der Waals surface area contributed by atoms with Crippen LogP contribution in [0.1, 0.15) is 33.1 Å². The largest absolute Gasteiger partial charge is 0.385 e. The number of nitrogens with one attached hydrogen (secondary N) is 2. The number of aliphatic imine (C=N–C) groups is 1. The van der Waals surface area contributed by atoms with E-state index in [9.17, 15) is 8.42 Å². The van der Waals surface area contributed by atoms with Crippen molar-refractivity contribution in [2.24, 2.45) is 4.99 Å². The molecule has 1 aliphatic heterocycles. The molecule has 0 radical (unpaired) electrons. The van der Waals surface area contributed by atoms with E-state index in [1.165, 1.54) is 0 Å². The third kappa shape index (κ3) is 9.39. The van der Waals surface area contributed by atoms with Crippen LogP contribution in [0, 0.1) is 0 Å². The van der Waals surface area contributed by atoms with Gasteiger partial charge in [0, 0.05) is 46.5 Å². The van der Waals surface area contributed by atoms with Crippen LogP contribution in [0.25, 0.3) is 0 Å². The Morgan fingerprint density at radius 3 is 2.56 bits per heavy atom. The molecular weight excluding hydrogens is 344 g/mol. The number of piperidine rings is 1. The van der Waals surface area contributed by atoms with Gasteiger partial charge in [-0.1, -0.05) is 0 Å². The van der Waals surface area contributed by atoms with Crippen molar-refractivity contribution >= 4 is 16.0 Å². The first-order valence-corrected chi connectivity index (χ1v) is 10.8. The standard InChI is InChI=1S/C16H34N4O4S/c1-4-17-16(18-9-10-19-25(21,22)5-2)20-11-7-15(8-12-20)24-14-6-13-23-3/h15,19H,4-14H2,1-3H3,(H,17,18). The molecule has 0 saturated carbocycles. The van der Waals surface area contributed by atoms with E-state index in [-0.39, 0.29) is 5.75 Å². The Kier molecular flexibility index (Phi) is 11.0. The number of hydrogen-bond donors (Lipinski definition) is 2. The minimum absolute atomic E-state index is 0.0919. The van der Waals surface area contributed by atoms with Crippen molar-refractivity contribution in [1.82, 2.24) is 14.9 Å². The molecule has 25 heavy (non-hydrogen) atoms. The molecule has 0 spiro atoms. The molecule has 8 nitrogen and oxygen atoms in total. The molecule has 9 heteroatoms. The summed E-state index contributed by atoms with van der Waals surface area (Å²) < 4.78 is 36.3. The lowest BCUT2D eigenvalue weighted by Crippen LogP contribution is -2.47. The van der Waals surface area contributed by atoms with E-state index >= 15 is 0 Å². The zero-order valence-electron chi connectivity index (χ0n) is 15.8. The van der Waals surface area contributed by atoms with Gasteiger partial charge in [0.25, 0.3) is 0 Å². The quantitative estimate of drug-likeness (QED) is 0.307. The van der Waals surface area contributed by atoms with Gasteiger partial charge in [-0.25, -0.2) is 13.1 Å². The molecule has 148 valence electrons. The number of guanidine groups is 1. The molecule has 0 aliphatic carbocycles. The molecule has 0 amide bonds. The van der Waals surface area contributed by atoms with Gasteiger partial charge in [0.15, 0.2) is 5.96 Å². The molecule has 0 bridgehead atoms. The first kappa shape index (κ1) is 22.1. The second-order valence-electron chi connectivity index (χ2n) is 5.94. The van der Waals surface area contributed by atoms with Crippen LogP contribution in [0.2, 0.25) is 0 Å². The van der Waals surface area contributed by atoms with Crippen LogP contribution in [-0.4, -0.2) is 84.2 Å². The van der Waals surface area contributed by atoms with Gasteiger partial charge in [-0.3, -0.25) is 4.99 Å². The van der Waals surface area contributed by atoms with Crippen molar-refractivity contribution in [3.05, 3.63) is 0 Å². The number of methoxy groups -OCH3 is 1. The summed E-state index contributed by atoms with van der Waals surface area (Å²) in [4.78, 5) is 6.75. The Morgan fingerprint density at radius 2 is 1.96 bits per heavy atom. The lowest BCUT2D eigenvalue weighted by atomic mass is 10.1. The van der Waals surface area contributed by atoms with Crippen molar-refractivity contribution in [2.75, 3.05) is 58.8 Å². The van der Waals surface area contributed by atoms with E-state index in [1.807, 2.05) is 6.92 Å². The SMILES string of the molecule is CCNC(=NCCNS(=O)(=O)CC)N1CCC(OCCCOC)CC1. The molecule has 1 aliphatic rings. The average molecular weight is 379 g/mol. The Hall–Kier alpha value is -0.900. The van der Waals surface area contributed by atoms with Crippen molar-refractivity contribution in [1.29, 1.82) is 0 Å². The summed E-state index contributed by atoms with van der Waals surface area (Å²) in [6.45, 7) is 8.44. The van der Waals surface area contributed by atoms with Crippen molar-refractivity contribution in [3.8, 4) is 0 Å². The van der Waals surface area contributed by atoms with Crippen LogP contribution in [0.15, 0.2) is 4.99 Å². The highest BCUT2D eigenvalue weighted by molar-refractivity contribution is 7.89. The molecule has 1 rings (SSSR count). The fourth-order valence-corrected chi connectivity index (χ4v) is 3.18. The maximum Gasteiger partial charge on any atom is 0.211 e. The van der Waals surface area contributed by atoms with Gasteiger partial charge in [0.2, 0.25) is 10.0 Å². The minimum atomic E-state index is -3.15. The van der Waals surface area contributed by atoms with E-state index in [0.717, 1.165) is 58.1 Å². The predicted molar refractivity (Wildman–Crippen MR) is 100 cm³/mol. The second-order valence-corrected chi connectivity index (χ2v) is 8.03. The number of hydrogen-bond acceptors (Lipinski definition) is 5. The highest BCUT2D eigenvalue weighted by atomic mass is 32.2. The predicted octanol–water partition coefficient (Wildman–Crippen LogP) is 0.409. The number of rotatable bonds is 11. The van der Waals surface area contributed by atoms with E-state index in [2.05, 4.69) is 19.9 Å². The van der Waals surface area contributed by atoms with Gasteiger partial charge >= 0.3 is 0 Å². The molecule has 1 saturated heterocycles. The smallest absolute Gasteiger partial charge is 0.211 e. The zero-order chi connectivity index (χ0) is 18.5. The van der Waals surface area contributed by atoms with Crippen LogP contribution in [0.4, 0.5) is 0 Å². The molecule has 0 unspecified atom stereocenters. The highest BCUT2D eigenvalue weighted by Gasteiger charge is 2.21. The molecule has 0 aromatic heterocycles. The van der Waals surface area contributed by atoms with Gasteiger partial charge in [-0.15, -0.1) is 0 Å². The second kappa shape index (κ2) is 12.5. The first-order chi connectivity index (χ1) is 12.0. The molecule has 1 fully saturated rings. The molecular formula is C16H34N4O4S. The average Bonchev–Trinajstić information content (AvgIpc) is 2.62. The summed E-state index contributed by atoms with van der Waals surface area (Å²) in [7, 11) is -1.45. The van der Waals surface area contributed by atoms with Gasteiger partial charge in [0.1, 0.15) is 0 Å². The Labute approximate surface area is 152 Å². The van der Waals surface area contributed by atoms with Crippen molar-refractivity contribution < 1.29 is 17.9 Å². The minimum Gasteiger partial charge on any atom is -0.385 e. The summed E-state index contributed by atoms with van der Waals surface area (Å²) >= 11 is 0. The van der Waals surface area contributed by atoms with Gasteiger partial charge < -0.3 is 19.7 Å². The number of sulfonamides is 1. The fourth-order valence-electron chi connectivity index (χ4n) is 2.58. The van der Waals surface area contributed by atoms with Crippen LogP contribution < -0.4 is 10.0 Å². The maximum absolute atomic E-state index is 11.4. The third-order valence-corrected chi connectivity index (χ3v) is 5.40. The molecule has 1 heterocycles. The molecule has 0 atom stereocenters. The maximum atomic E-state index is 11.4.